The van der Waals surface area contributed by atoms with Crippen LogP contribution in [0.3, 0.4) is 0 Å². The van der Waals surface area contributed by atoms with Gasteiger partial charge in [-0.15, -0.1) is 0 Å². The van der Waals surface area contributed by atoms with Crippen LogP contribution in [-0.2, 0) is 10.8 Å². The van der Waals surface area contributed by atoms with Crippen LogP contribution in [0.15, 0.2) is 138 Å². The topological polar surface area (TPSA) is 16.4 Å². The van der Waals surface area contributed by atoms with E-state index in [-0.39, 0.29) is 10.8 Å². The van der Waals surface area contributed by atoms with Crippen molar-refractivity contribution in [2.75, 3.05) is 4.90 Å². The zero-order chi connectivity index (χ0) is 33.2. The van der Waals surface area contributed by atoms with Crippen LogP contribution >= 0.6 is 0 Å². The highest BCUT2D eigenvalue weighted by molar-refractivity contribution is 6.20. The molecule has 2 aliphatic rings. The second-order valence-corrected chi connectivity index (χ2v) is 15.0. The van der Waals surface area contributed by atoms with Gasteiger partial charge in [-0.25, -0.2) is 0 Å². The smallest absolute Gasteiger partial charge is 0.143 e. The first-order chi connectivity index (χ1) is 23.7. The summed E-state index contributed by atoms with van der Waals surface area (Å²) in [6.07, 6.45) is 0. The van der Waals surface area contributed by atoms with Crippen LogP contribution in [0.25, 0.3) is 55.0 Å². The van der Waals surface area contributed by atoms with Crippen molar-refractivity contribution in [3.05, 3.63) is 161 Å². The van der Waals surface area contributed by atoms with Crippen LogP contribution in [0, 0.1) is 6.92 Å². The molecule has 0 atom stereocenters. The molecule has 8 aromatic rings. The van der Waals surface area contributed by atoms with E-state index in [1.54, 1.807) is 0 Å². The van der Waals surface area contributed by atoms with E-state index in [1.165, 1.54) is 55.5 Å². The van der Waals surface area contributed by atoms with E-state index in [9.17, 15) is 0 Å². The van der Waals surface area contributed by atoms with Gasteiger partial charge in [-0.1, -0.05) is 125 Å². The molecule has 7 aromatic carbocycles. The lowest BCUT2D eigenvalue weighted by atomic mass is 9.82. The van der Waals surface area contributed by atoms with Crippen molar-refractivity contribution in [3.63, 3.8) is 0 Å². The Morgan fingerprint density at radius 1 is 0.469 bits per heavy atom. The third kappa shape index (κ3) is 3.77. The van der Waals surface area contributed by atoms with Gasteiger partial charge in [-0.2, -0.15) is 0 Å². The van der Waals surface area contributed by atoms with Gasteiger partial charge < -0.3 is 9.32 Å². The Morgan fingerprint density at radius 2 is 1.00 bits per heavy atom. The fourth-order valence-electron chi connectivity index (χ4n) is 9.08. The molecule has 0 saturated carbocycles. The summed E-state index contributed by atoms with van der Waals surface area (Å²) in [6.45, 7) is 11.6. The lowest BCUT2D eigenvalue weighted by molar-refractivity contribution is 0.660. The minimum Gasteiger partial charge on any atom is -0.455 e. The van der Waals surface area contributed by atoms with Gasteiger partial charge in [0.2, 0.25) is 0 Å². The first-order valence-electron chi connectivity index (χ1n) is 17.4. The largest absolute Gasteiger partial charge is 0.455 e. The SMILES string of the molecule is Cc1cccc2oc3c4ccccc4c(N(c4ccc5c(c4)C(C)(C)c4ccccc4-5)c4ccc5c(c4)C(C)(C)c4ccccc4-5)cc3c12. The van der Waals surface area contributed by atoms with Crippen LogP contribution in [0.2, 0.25) is 0 Å². The molecule has 1 heterocycles. The summed E-state index contributed by atoms with van der Waals surface area (Å²) in [7, 11) is 0. The molecule has 0 amide bonds. The molecule has 0 N–H and O–H groups in total. The summed E-state index contributed by atoms with van der Waals surface area (Å²) < 4.78 is 6.62. The van der Waals surface area contributed by atoms with E-state index in [0.29, 0.717) is 0 Å². The molecule has 10 rings (SSSR count). The fraction of sp³-hybridized carbons (Fsp3) is 0.149. The number of nitrogens with zero attached hydrogens (tertiary/aromatic N) is 1. The third-order valence-corrected chi connectivity index (χ3v) is 11.6. The van der Waals surface area contributed by atoms with Crippen LogP contribution in [0.4, 0.5) is 17.1 Å². The highest BCUT2D eigenvalue weighted by atomic mass is 16.3. The maximum Gasteiger partial charge on any atom is 0.143 e. The number of benzene rings is 7. The Labute approximate surface area is 287 Å². The second-order valence-electron chi connectivity index (χ2n) is 15.0. The van der Waals surface area contributed by atoms with E-state index in [1.807, 2.05) is 0 Å². The zero-order valence-electron chi connectivity index (χ0n) is 28.6. The number of rotatable bonds is 3. The number of hydrogen-bond donors (Lipinski definition) is 0. The van der Waals surface area contributed by atoms with Gasteiger partial charge in [-0.3, -0.25) is 0 Å². The van der Waals surface area contributed by atoms with Crippen molar-refractivity contribution >= 4 is 49.8 Å². The number of furan rings is 1. The minimum absolute atomic E-state index is 0.112. The van der Waals surface area contributed by atoms with Gasteiger partial charge in [-0.05, 0) is 93.4 Å². The van der Waals surface area contributed by atoms with Gasteiger partial charge >= 0.3 is 0 Å². The summed E-state index contributed by atoms with van der Waals surface area (Å²) in [5.41, 5.74) is 17.2. The monoisotopic (exact) mass is 631 g/mol. The van der Waals surface area contributed by atoms with Crippen LogP contribution in [0.5, 0.6) is 0 Å². The molecule has 0 bridgehead atoms. The Kier molecular flexibility index (Phi) is 5.65. The fourth-order valence-corrected chi connectivity index (χ4v) is 9.08. The van der Waals surface area contributed by atoms with Gasteiger partial charge in [0.1, 0.15) is 11.2 Å². The molecule has 0 radical (unpaired) electrons. The average molecular weight is 632 g/mol. The maximum absolute atomic E-state index is 6.62. The lowest BCUT2D eigenvalue weighted by Crippen LogP contribution is -2.18. The Hall–Kier alpha value is -5.60. The number of fused-ring (bicyclic) bond motifs is 11. The summed E-state index contributed by atoms with van der Waals surface area (Å²) in [5, 5.41) is 4.62. The first kappa shape index (κ1) is 28.4. The molecule has 1 aromatic heterocycles. The molecule has 0 aliphatic heterocycles. The molecule has 2 aliphatic carbocycles. The molecule has 49 heavy (non-hydrogen) atoms. The summed E-state index contributed by atoms with van der Waals surface area (Å²) in [5.74, 6) is 0. The van der Waals surface area contributed by atoms with Crippen molar-refractivity contribution in [1.29, 1.82) is 0 Å². The third-order valence-electron chi connectivity index (χ3n) is 11.6. The number of anilines is 3. The molecule has 0 spiro atoms. The molecule has 0 saturated heterocycles. The van der Waals surface area contributed by atoms with E-state index < -0.39 is 0 Å². The molecular formula is C47H37NO. The van der Waals surface area contributed by atoms with Crippen molar-refractivity contribution in [2.24, 2.45) is 0 Å². The van der Waals surface area contributed by atoms with Crippen LogP contribution in [0.1, 0.15) is 55.5 Å². The standard InChI is InChI=1S/C47H37NO/c1-28-13-12-20-43-44(28)37-27-42(35-16-6-7-17-36(35)45(37)49-43)48(29-21-23-33-31-14-8-10-18-38(31)46(2,3)40(33)25-29)30-22-24-34-32-15-9-11-19-39(32)47(4,5)41(34)26-30/h6-27H,1-5H3. The van der Waals surface area contributed by atoms with Crippen molar-refractivity contribution < 1.29 is 4.42 Å². The average Bonchev–Trinajstić information content (AvgIpc) is 3.69. The predicted octanol–water partition coefficient (Wildman–Crippen LogP) is 13.1. The molecule has 0 fully saturated rings. The Balaban J connectivity index is 1.28. The van der Waals surface area contributed by atoms with Crippen LogP contribution < -0.4 is 4.90 Å². The van der Waals surface area contributed by atoms with Crippen LogP contribution in [-0.4, -0.2) is 0 Å². The molecule has 2 nitrogen and oxygen atoms in total. The second kappa shape index (κ2) is 9.74. The molecular weight excluding hydrogens is 595 g/mol. The van der Waals surface area contributed by atoms with E-state index in [2.05, 4.69) is 173 Å². The quantitative estimate of drug-likeness (QED) is 0.193. The van der Waals surface area contributed by atoms with Gasteiger partial charge in [0.25, 0.3) is 0 Å². The maximum atomic E-state index is 6.62. The summed E-state index contributed by atoms with van der Waals surface area (Å²) >= 11 is 0. The normalized spacial score (nSPS) is 15.0. The van der Waals surface area contributed by atoms with Crippen molar-refractivity contribution in [3.8, 4) is 22.3 Å². The minimum atomic E-state index is -0.112. The lowest BCUT2D eigenvalue weighted by Gasteiger charge is -2.30. The highest BCUT2D eigenvalue weighted by Crippen LogP contribution is 2.54. The molecule has 236 valence electrons. The van der Waals surface area contributed by atoms with Crippen molar-refractivity contribution in [2.45, 2.75) is 45.4 Å². The Morgan fingerprint density at radius 3 is 1.61 bits per heavy atom. The Bertz CT molecular complexity index is 2580. The number of aryl methyl sites for hydroxylation is 1. The summed E-state index contributed by atoms with van der Waals surface area (Å²) in [6, 6.07) is 49.5. The molecule has 0 unspecified atom stereocenters. The first-order valence-corrected chi connectivity index (χ1v) is 17.4. The number of hydrogen-bond acceptors (Lipinski definition) is 2. The van der Waals surface area contributed by atoms with Gasteiger partial charge in [0.05, 0.1) is 5.69 Å². The molecule has 2 heteroatoms. The van der Waals surface area contributed by atoms with E-state index in [0.717, 1.165) is 44.4 Å². The van der Waals surface area contributed by atoms with E-state index >= 15 is 0 Å². The van der Waals surface area contributed by atoms with E-state index in [4.69, 9.17) is 4.42 Å². The van der Waals surface area contributed by atoms with Gasteiger partial charge in [0, 0.05) is 43.7 Å². The predicted molar refractivity (Wildman–Crippen MR) is 206 cm³/mol. The zero-order valence-corrected chi connectivity index (χ0v) is 28.6. The summed E-state index contributed by atoms with van der Waals surface area (Å²) in [4.78, 5) is 2.50. The van der Waals surface area contributed by atoms with Crippen molar-refractivity contribution in [1.82, 2.24) is 0 Å². The van der Waals surface area contributed by atoms with Gasteiger partial charge in [0.15, 0.2) is 0 Å². The highest BCUT2D eigenvalue weighted by Gasteiger charge is 2.38.